The van der Waals surface area contributed by atoms with E-state index in [1.165, 1.54) is 6.33 Å². The molecule has 1 aromatic carbocycles. The van der Waals surface area contributed by atoms with Crippen LogP contribution in [0.1, 0.15) is 20.3 Å². The van der Waals surface area contributed by atoms with E-state index in [2.05, 4.69) is 20.7 Å². The molecule has 0 atom stereocenters. The van der Waals surface area contributed by atoms with Crippen molar-refractivity contribution in [2.75, 3.05) is 18.5 Å². The predicted molar refractivity (Wildman–Crippen MR) is 84.1 cm³/mol. The molecule has 2 N–H and O–H groups in total. The standard InChI is InChI=1S/C15H21N5O2/c1-12(2)22-8-4-7-17-15(21)19-13-5-3-6-14(9-13)20-11-16-10-18-20/h3,5-6,9-12H,4,7-8H2,1-2H3,(H2,17,19,21). The lowest BCUT2D eigenvalue weighted by molar-refractivity contribution is 0.0775. The number of nitrogens with zero attached hydrogens (tertiary/aromatic N) is 3. The van der Waals surface area contributed by atoms with E-state index in [9.17, 15) is 4.79 Å². The van der Waals surface area contributed by atoms with E-state index >= 15 is 0 Å². The average molecular weight is 303 g/mol. The Hall–Kier alpha value is -2.41. The number of amides is 2. The van der Waals surface area contributed by atoms with Crippen molar-refractivity contribution in [1.29, 1.82) is 0 Å². The van der Waals surface area contributed by atoms with E-state index in [0.717, 1.165) is 12.1 Å². The fourth-order valence-corrected chi connectivity index (χ4v) is 1.84. The molecule has 0 spiro atoms. The normalized spacial score (nSPS) is 10.7. The Kier molecular flexibility index (Phi) is 5.91. The van der Waals surface area contributed by atoms with Crippen molar-refractivity contribution in [3.05, 3.63) is 36.9 Å². The highest BCUT2D eigenvalue weighted by Gasteiger charge is 2.03. The van der Waals surface area contributed by atoms with E-state index in [4.69, 9.17) is 4.74 Å². The molecule has 0 aliphatic heterocycles. The van der Waals surface area contributed by atoms with Gasteiger partial charge in [-0.15, -0.1) is 0 Å². The molecular formula is C15H21N5O2. The average Bonchev–Trinajstić information content (AvgIpc) is 3.01. The van der Waals surface area contributed by atoms with Gasteiger partial charge in [0.05, 0.1) is 11.8 Å². The number of ether oxygens (including phenoxy) is 1. The fourth-order valence-electron chi connectivity index (χ4n) is 1.84. The Morgan fingerprint density at radius 1 is 1.41 bits per heavy atom. The highest BCUT2D eigenvalue weighted by atomic mass is 16.5. The zero-order valence-electron chi connectivity index (χ0n) is 12.8. The van der Waals surface area contributed by atoms with Gasteiger partial charge in [0.1, 0.15) is 12.7 Å². The summed E-state index contributed by atoms with van der Waals surface area (Å²) in [5, 5.41) is 9.64. The zero-order valence-corrected chi connectivity index (χ0v) is 12.8. The van der Waals surface area contributed by atoms with Crippen molar-refractivity contribution in [1.82, 2.24) is 20.1 Å². The molecule has 7 nitrogen and oxygen atoms in total. The van der Waals surface area contributed by atoms with Crippen LogP contribution in [0.15, 0.2) is 36.9 Å². The van der Waals surface area contributed by atoms with Gasteiger partial charge in [-0.25, -0.2) is 14.5 Å². The maximum atomic E-state index is 11.8. The first-order valence-corrected chi connectivity index (χ1v) is 7.26. The third-order valence-electron chi connectivity index (χ3n) is 2.85. The minimum Gasteiger partial charge on any atom is -0.379 e. The summed E-state index contributed by atoms with van der Waals surface area (Å²) in [6.45, 7) is 5.19. The molecule has 0 aliphatic carbocycles. The molecule has 2 rings (SSSR count). The maximum Gasteiger partial charge on any atom is 0.319 e. The number of anilines is 1. The molecule has 0 unspecified atom stereocenters. The van der Waals surface area contributed by atoms with E-state index in [1.54, 1.807) is 11.0 Å². The van der Waals surface area contributed by atoms with E-state index < -0.39 is 0 Å². The van der Waals surface area contributed by atoms with Crippen LogP contribution < -0.4 is 10.6 Å². The SMILES string of the molecule is CC(C)OCCCNC(=O)Nc1cccc(-n2cncn2)c1. The maximum absolute atomic E-state index is 11.8. The number of nitrogens with one attached hydrogen (secondary N) is 2. The van der Waals surface area contributed by atoms with Crippen LogP contribution in [0.5, 0.6) is 0 Å². The van der Waals surface area contributed by atoms with Gasteiger partial charge < -0.3 is 15.4 Å². The lowest BCUT2D eigenvalue weighted by Gasteiger charge is -2.10. The lowest BCUT2D eigenvalue weighted by Crippen LogP contribution is -2.30. The summed E-state index contributed by atoms with van der Waals surface area (Å²) in [5.74, 6) is 0. The molecule has 0 aliphatic rings. The number of carbonyl (C=O) groups is 1. The van der Waals surface area contributed by atoms with Crippen molar-refractivity contribution in [2.45, 2.75) is 26.4 Å². The summed E-state index contributed by atoms with van der Waals surface area (Å²) in [4.78, 5) is 15.7. The molecule has 2 amide bonds. The third kappa shape index (κ3) is 5.17. The molecular weight excluding hydrogens is 282 g/mol. The fraction of sp³-hybridized carbons (Fsp3) is 0.400. The Balaban J connectivity index is 1.78. The Bertz CT molecular complexity index is 583. The van der Waals surface area contributed by atoms with Gasteiger partial charge in [-0.1, -0.05) is 6.07 Å². The van der Waals surface area contributed by atoms with Crippen LogP contribution >= 0.6 is 0 Å². The van der Waals surface area contributed by atoms with Gasteiger partial charge in [-0.3, -0.25) is 0 Å². The van der Waals surface area contributed by atoms with Crippen LogP contribution in [0.2, 0.25) is 0 Å². The molecule has 1 heterocycles. The minimum absolute atomic E-state index is 0.216. The van der Waals surface area contributed by atoms with Crippen LogP contribution in [-0.4, -0.2) is 40.1 Å². The van der Waals surface area contributed by atoms with Gasteiger partial charge in [-0.2, -0.15) is 5.10 Å². The topological polar surface area (TPSA) is 81.1 Å². The van der Waals surface area contributed by atoms with Gasteiger partial charge in [0, 0.05) is 18.8 Å². The minimum atomic E-state index is -0.236. The highest BCUT2D eigenvalue weighted by molar-refractivity contribution is 5.89. The Morgan fingerprint density at radius 3 is 3.00 bits per heavy atom. The number of carbonyl (C=O) groups excluding carboxylic acids is 1. The first kappa shape index (κ1) is 16.0. The number of hydrogen-bond acceptors (Lipinski definition) is 4. The van der Waals surface area contributed by atoms with Gasteiger partial charge >= 0.3 is 6.03 Å². The van der Waals surface area contributed by atoms with E-state index in [0.29, 0.717) is 18.8 Å². The number of benzene rings is 1. The largest absolute Gasteiger partial charge is 0.379 e. The van der Waals surface area contributed by atoms with Crippen molar-refractivity contribution in [2.24, 2.45) is 0 Å². The summed E-state index contributed by atoms with van der Waals surface area (Å²) in [6, 6.07) is 7.16. The molecule has 22 heavy (non-hydrogen) atoms. The smallest absolute Gasteiger partial charge is 0.319 e. The Morgan fingerprint density at radius 2 is 2.27 bits per heavy atom. The summed E-state index contributed by atoms with van der Waals surface area (Å²) < 4.78 is 7.04. The number of aromatic nitrogens is 3. The van der Waals surface area contributed by atoms with Crippen molar-refractivity contribution in [3.8, 4) is 5.69 Å². The van der Waals surface area contributed by atoms with E-state index in [-0.39, 0.29) is 12.1 Å². The quantitative estimate of drug-likeness (QED) is 0.768. The molecule has 118 valence electrons. The first-order chi connectivity index (χ1) is 10.6. The molecule has 0 saturated heterocycles. The number of urea groups is 1. The van der Waals surface area contributed by atoms with Crippen LogP contribution in [0.25, 0.3) is 5.69 Å². The van der Waals surface area contributed by atoms with Crippen molar-refractivity contribution in [3.63, 3.8) is 0 Å². The molecule has 2 aromatic rings. The van der Waals surface area contributed by atoms with Gasteiger partial charge in [0.25, 0.3) is 0 Å². The zero-order chi connectivity index (χ0) is 15.8. The van der Waals surface area contributed by atoms with Crippen LogP contribution in [-0.2, 0) is 4.74 Å². The van der Waals surface area contributed by atoms with Gasteiger partial charge in [0.2, 0.25) is 0 Å². The molecule has 0 fully saturated rings. The van der Waals surface area contributed by atoms with Gasteiger partial charge in [-0.05, 0) is 38.5 Å². The first-order valence-electron chi connectivity index (χ1n) is 7.26. The monoisotopic (exact) mass is 303 g/mol. The van der Waals surface area contributed by atoms with Crippen molar-refractivity contribution < 1.29 is 9.53 Å². The number of rotatable bonds is 7. The predicted octanol–water partition coefficient (Wildman–Crippen LogP) is 2.20. The molecule has 1 aromatic heterocycles. The van der Waals surface area contributed by atoms with Crippen LogP contribution in [0.3, 0.4) is 0 Å². The molecule has 0 saturated carbocycles. The van der Waals surface area contributed by atoms with E-state index in [1.807, 2.05) is 38.1 Å². The summed E-state index contributed by atoms with van der Waals surface area (Å²) in [5.41, 5.74) is 1.53. The Labute approximate surface area is 129 Å². The van der Waals surface area contributed by atoms with Crippen LogP contribution in [0.4, 0.5) is 10.5 Å². The summed E-state index contributed by atoms with van der Waals surface area (Å²) in [7, 11) is 0. The molecule has 0 bridgehead atoms. The highest BCUT2D eigenvalue weighted by Crippen LogP contribution is 2.13. The number of hydrogen-bond donors (Lipinski definition) is 2. The summed E-state index contributed by atoms with van der Waals surface area (Å²) in [6.07, 6.45) is 4.07. The second-order valence-electron chi connectivity index (χ2n) is 5.04. The van der Waals surface area contributed by atoms with Crippen molar-refractivity contribution >= 4 is 11.7 Å². The summed E-state index contributed by atoms with van der Waals surface area (Å²) >= 11 is 0. The molecule has 7 heteroatoms. The third-order valence-corrected chi connectivity index (χ3v) is 2.85. The second-order valence-corrected chi connectivity index (χ2v) is 5.04. The molecule has 0 radical (unpaired) electrons. The van der Waals surface area contributed by atoms with Gasteiger partial charge in [0.15, 0.2) is 0 Å². The lowest BCUT2D eigenvalue weighted by atomic mass is 10.3. The van der Waals surface area contributed by atoms with Crippen LogP contribution in [0, 0.1) is 0 Å². The second kappa shape index (κ2) is 8.14.